The van der Waals surface area contributed by atoms with Crippen molar-refractivity contribution in [2.24, 2.45) is 0 Å². The van der Waals surface area contributed by atoms with E-state index < -0.39 is 0 Å². The van der Waals surface area contributed by atoms with Crippen LogP contribution in [0.1, 0.15) is 30.0 Å². The maximum Gasteiger partial charge on any atom is 0.226 e. The molecule has 0 aliphatic heterocycles. The second-order valence-corrected chi connectivity index (χ2v) is 6.56. The lowest BCUT2D eigenvalue weighted by Crippen LogP contribution is -2.32. The molecule has 2 aromatic rings. The van der Waals surface area contributed by atoms with Crippen LogP contribution in [-0.4, -0.2) is 18.4 Å². The average Bonchev–Trinajstić information content (AvgIpc) is 2.54. The molecule has 1 N–H and O–H groups in total. The molecule has 0 heterocycles. The monoisotopic (exact) mass is 358 g/mol. The summed E-state index contributed by atoms with van der Waals surface area (Å²) >= 11 is 6.14. The molecule has 132 valence electrons. The zero-order chi connectivity index (χ0) is 18.6. The van der Waals surface area contributed by atoms with Crippen molar-refractivity contribution in [1.82, 2.24) is 0 Å². The second-order valence-electron chi connectivity index (χ2n) is 6.15. The predicted molar refractivity (Wildman–Crippen MR) is 103 cm³/mol. The molecule has 2 amide bonds. The number of hydrogen-bond donors (Lipinski definition) is 1. The fourth-order valence-electron chi connectivity index (χ4n) is 2.59. The molecule has 0 saturated heterocycles. The van der Waals surface area contributed by atoms with Gasteiger partial charge in [0.2, 0.25) is 11.8 Å². The summed E-state index contributed by atoms with van der Waals surface area (Å²) in [4.78, 5) is 25.8. The minimum absolute atomic E-state index is 0.121. The van der Waals surface area contributed by atoms with Crippen molar-refractivity contribution < 1.29 is 9.59 Å². The maximum atomic E-state index is 12.2. The summed E-state index contributed by atoms with van der Waals surface area (Å²) in [7, 11) is 0. The molecular formula is C20H23ClN2O2. The van der Waals surface area contributed by atoms with Gasteiger partial charge in [-0.05, 0) is 61.7 Å². The Balaban J connectivity index is 2.05. The van der Waals surface area contributed by atoms with E-state index >= 15 is 0 Å². The average molecular weight is 359 g/mol. The molecule has 0 saturated carbocycles. The highest BCUT2D eigenvalue weighted by atomic mass is 35.5. The SMILES string of the molecule is CC(=O)N(CCC(=O)Nc1ccc(C)c(C)c1)c1cccc(Cl)c1C. The number of aryl methyl sites for hydroxylation is 2. The first kappa shape index (κ1) is 19.0. The van der Waals surface area contributed by atoms with Crippen LogP contribution in [0.25, 0.3) is 0 Å². The third kappa shape index (κ3) is 4.83. The zero-order valence-electron chi connectivity index (χ0n) is 15.0. The molecular weight excluding hydrogens is 336 g/mol. The minimum Gasteiger partial charge on any atom is -0.326 e. The van der Waals surface area contributed by atoms with E-state index in [0.29, 0.717) is 11.6 Å². The molecule has 4 nitrogen and oxygen atoms in total. The number of nitrogens with one attached hydrogen (secondary N) is 1. The van der Waals surface area contributed by atoms with Gasteiger partial charge in [0.25, 0.3) is 0 Å². The fraction of sp³-hybridized carbons (Fsp3) is 0.300. The molecule has 0 aliphatic rings. The molecule has 5 heteroatoms. The topological polar surface area (TPSA) is 49.4 Å². The standard InChI is InChI=1S/C20H23ClN2O2/c1-13-8-9-17(12-14(13)2)22-20(25)10-11-23(16(4)24)19-7-5-6-18(21)15(19)3/h5-9,12H,10-11H2,1-4H3,(H,22,25). The Kier molecular flexibility index (Phi) is 6.21. The predicted octanol–water partition coefficient (Wildman–Crippen LogP) is 4.65. The van der Waals surface area contributed by atoms with Gasteiger partial charge in [-0.15, -0.1) is 0 Å². The fourth-order valence-corrected chi connectivity index (χ4v) is 2.76. The largest absolute Gasteiger partial charge is 0.326 e. The second kappa shape index (κ2) is 8.17. The number of carbonyl (C=O) groups is 2. The Bertz CT molecular complexity index is 802. The van der Waals surface area contributed by atoms with Crippen molar-refractivity contribution in [3.8, 4) is 0 Å². The number of benzene rings is 2. The lowest BCUT2D eigenvalue weighted by atomic mass is 10.1. The normalized spacial score (nSPS) is 10.4. The third-order valence-electron chi connectivity index (χ3n) is 4.26. The van der Waals surface area contributed by atoms with Crippen molar-refractivity contribution in [2.75, 3.05) is 16.8 Å². The summed E-state index contributed by atoms with van der Waals surface area (Å²) in [6, 6.07) is 11.2. The van der Waals surface area contributed by atoms with E-state index in [1.165, 1.54) is 12.5 Å². The molecule has 0 atom stereocenters. The lowest BCUT2D eigenvalue weighted by Gasteiger charge is -2.23. The van der Waals surface area contributed by atoms with Crippen LogP contribution in [-0.2, 0) is 9.59 Å². The van der Waals surface area contributed by atoms with Gasteiger partial charge in [-0.2, -0.15) is 0 Å². The van der Waals surface area contributed by atoms with Crippen LogP contribution in [0.4, 0.5) is 11.4 Å². The van der Waals surface area contributed by atoms with Gasteiger partial charge in [0.1, 0.15) is 0 Å². The van der Waals surface area contributed by atoms with Gasteiger partial charge in [-0.1, -0.05) is 23.7 Å². The molecule has 0 bridgehead atoms. The summed E-state index contributed by atoms with van der Waals surface area (Å²) in [5.74, 6) is -0.251. The van der Waals surface area contributed by atoms with Crippen LogP contribution in [0.3, 0.4) is 0 Å². The van der Waals surface area contributed by atoms with Gasteiger partial charge in [0.15, 0.2) is 0 Å². The number of hydrogen-bond acceptors (Lipinski definition) is 2. The summed E-state index contributed by atoms with van der Waals surface area (Å²) in [6.45, 7) is 7.68. The Hall–Kier alpha value is -2.33. The van der Waals surface area contributed by atoms with Crippen molar-refractivity contribution in [3.63, 3.8) is 0 Å². The first-order valence-electron chi connectivity index (χ1n) is 8.20. The molecule has 0 spiro atoms. The van der Waals surface area contributed by atoms with E-state index in [4.69, 9.17) is 11.6 Å². The van der Waals surface area contributed by atoms with Gasteiger partial charge in [0.05, 0.1) is 0 Å². The molecule has 0 aliphatic carbocycles. The van der Waals surface area contributed by atoms with Crippen LogP contribution < -0.4 is 10.2 Å². The first-order valence-corrected chi connectivity index (χ1v) is 8.57. The molecule has 0 unspecified atom stereocenters. The van der Waals surface area contributed by atoms with Crippen molar-refractivity contribution in [3.05, 3.63) is 58.1 Å². The smallest absolute Gasteiger partial charge is 0.226 e. The van der Waals surface area contributed by atoms with Crippen molar-refractivity contribution in [2.45, 2.75) is 34.1 Å². The highest BCUT2D eigenvalue weighted by molar-refractivity contribution is 6.31. The van der Waals surface area contributed by atoms with Crippen LogP contribution in [0.5, 0.6) is 0 Å². The van der Waals surface area contributed by atoms with Gasteiger partial charge < -0.3 is 10.2 Å². The van der Waals surface area contributed by atoms with E-state index in [-0.39, 0.29) is 18.2 Å². The Labute approximate surface area is 153 Å². The third-order valence-corrected chi connectivity index (χ3v) is 4.67. The summed E-state index contributed by atoms with van der Waals surface area (Å²) in [5, 5.41) is 3.48. The van der Waals surface area contributed by atoms with Crippen molar-refractivity contribution >= 4 is 34.8 Å². The van der Waals surface area contributed by atoms with Crippen LogP contribution in [0.15, 0.2) is 36.4 Å². The highest BCUT2D eigenvalue weighted by Gasteiger charge is 2.16. The van der Waals surface area contributed by atoms with E-state index in [1.807, 2.05) is 45.0 Å². The lowest BCUT2D eigenvalue weighted by molar-refractivity contribution is -0.117. The Morgan fingerprint density at radius 3 is 2.44 bits per heavy atom. The quantitative estimate of drug-likeness (QED) is 0.845. The van der Waals surface area contributed by atoms with Gasteiger partial charge in [-0.25, -0.2) is 0 Å². The van der Waals surface area contributed by atoms with E-state index in [1.54, 1.807) is 17.0 Å². The Morgan fingerprint density at radius 2 is 1.80 bits per heavy atom. The van der Waals surface area contributed by atoms with Gasteiger partial charge >= 0.3 is 0 Å². The molecule has 2 aromatic carbocycles. The first-order chi connectivity index (χ1) is 11.8. The van der Waals surface area contributed by atoms with E-state index in [2.05, 4.69) is 5.32 Å². The van der Waals surface area contributed by atoms with Gasteiger partial charge in [0, 0.05) is 36.3 Å². The molecule has 0 aromatic heterocycles. The molecule has 0 fully saturated rings. The maximum absolute atomic E-state index is 12.2. The highest BCUT2D eigenvalue weighted by Crippen LogP contribution is 2.27. The number of anilines is 2. The number of nitrogens with zero attached hydrogens (tertiary/aromatic N) is 1. The van der Waals surface area contributed by atoms with E-state index in [9.17, 15) is 9.59 Å². The summed E-state index contributed by atoms with van der Waals surface area (Å²) in [6.07, 6.45) is 0.207. The number of carbonyl (C=O) groups excluding carboxylic acids is 2. The minimum atomic E-state index is -0.130. The number of halogens is 1. The molecule has 0 radical (unpaired) electrons. The van der Waals surface area contributed by atoms with E-state index in [0.717, 1.165) is 22.5 Å². The Morgan fingerprint density at radius 1 is 1.08 bits per heavy atom. The number of amides is 2. The molecule has 25 heavy (non-hydrogen) atoms. The number of rotatable bonds is 5. The van der Waals surface area contributed by atoms with Crippen molar-refractivity contribution in [1.29, 1.82) is 0 Å². The summed E-state index contributed by atoms with van der Waals surface area (Å²) < 4.78 is 0. The van der Waals surface area contributed by atoms with Crippen LogP contribution in [0.2, 0.25) is 5.02 Å². The molecule has 2 rings (SSSR count). The zero-order valence-corrected chi connectivity index (χ0v) is 15.8. The van der Waals surface area contributed by atoms with Gasteiger partial charge in [-0.3, -0.25) is 9.59 Å². The van der Waals surface area contributed by atoms with Crippen LogP contribution in [0, 0.1) is 20.8 Å². The summed E-state index contributed by atoms with van der Waals surface area (Å²) in [5.41, 5.74) is 4.63. The van der Waals surface area contributed by atoms with Crippen LogP contribution >= 0.6 is 11.6 Å².